The van der Waals surface area contributed by atoms with E-state index in [4.69, 9.17) is 16.3 Å². The van der Waals surface area contributed by atoms with Gasteiger partial charge in [0.25, 0.3) is 0 Å². The molecule has 1 unspecified atom stereocenters. The normalized spacial score (nSPS) is 11.8. The Hall–Kier alpha value is -2.07. The standard InChI is InChI=1S/C16H17ClN2O2/c1-11(12-4-3-7-18-10-12)8-16(20)19-14-9-13(17)5-6-15(14)21-2/h3-7,9-11H,8H2,1-2H3,(H,19,20). The molecule has 21 heavy (non-hydrogen) atoms. The summed E-state index contributed by atoms with van der Waals surface area (Å²) in [6.07, 6.45) is 3.85. The van der Waals surface area contributed by atoms with Gasteiger partial charge in [-0.05, 0) is 35.7 Å². The molecular weight excluding hydrogens is 288 g/mol. The van der Waals surface area contributed by atoms with Gasteiger partial charge in [0, 0.05) is 23.8 Å². The van der Waals surface area contributed by atoms with Crippen LogP contribution in [0, 0.1) is 0 Å². The molecule has 2 rings (SSSR count). The Morgan fingerprint density at radius 3 is 2.90 bits per heavy atom. The van der Waals surface area contributed by atoms with Gasteiger partial charge in [-0.2, -0.15) is 0 Å². The Morgan fingerprint density at radius 2 is 2.24 bits per heavy atom. The molecule has 1 N–H and O–H groups in total. The van der Waals surface area contributed by atoms with Gasteiger partial charge in [-0.3, -0.25) is 9.78 Å². The van der Waals surface area contributed by atoms with Crippen molar-refractivity contribution >= 4 is 23.2 Å². The van der Waals surface area contributed by atoms with E-state index in [1.54, 1.807) is 37.7 Å². The highest BCUT2D eigenvalue weighted by atomic mass is 35.5. The van der Waals surface area contributed by atoms with Crippen LogP contribution in [0.1, 0.15) is 24.8 Å². The summed E-state index contributed by atoms with van der Waals surface area (Å²) in [6.45, 7) is 1.99. The number of carbonyl (C=O) groups is 1. The predicted molar refractivity (Wildman–Crippen MR) is 83.9 cm³/mol. The van der Waals surface area contributed by atoms with Crippen molar-refractivity contribution in [2.24, 2.45) is 0 Å². The van der Waals surface area contributed by atoms with Crippen molar-refractivity contribution in [1.82, 2.24) is 4.98 Å². The average molecular weight is 305 g/mol. The maximum Gasteiger partial charge on any atom is 0.225 e. The van der Waals surface area contributed by atoms with E-state index < -0.39 is 0 Å². The van der Waals surface area contributed by atoms with Crippen LogP contribution in [0.15, 0.2) is 42.7 Å². The van der Waals surface area contributed by atoms with Gasteiger partial charge in [-0.1, -0.05) is 24.6 Å². The minimum atomic E-state index is -0.0908. The molecule has 1 aromatic heterocycles. The van der Waals surface area contributed by atoms with Crippen LogP contribution in [0.4, 0.5) is 5.69 Å². The number of aromatic nitrogens is 1. The number of methoxy groups -OCH3 is 1. The molecule has 2 aromatic rings. The molecule has 1 heterocycles. The lowest BCUT2D eigenvalue weighted by molar-refractivity contribution is -0.116. The molecule has 1 amide bonds. The second-order valence-electron chi connectivity index (χ2n) is 4.78. The number of amides is 1. The fourth-order valence-corrected chi connectivity index (χ4v) is 2.21. The highest BCUT2D eigenvalue weighted by Crippen LogP contribution is 2.28. The molecule has 1 aromatic carbocycles. The number of carbonyl (C=O) groups excluding carboxylic acids is 1. The largest absolute Gasteiger partial charge is 0.495 e. The van der Waals surface area contributed by atoms with Crippen LogP contribution in [-0.2, 0) is 4.79 Å². The third kappa shape index (κ3) is 4.20. The first-order valence-electron chi connectivity index (χ1n) is 6.63. The zero-order chi connectivity index (χ0) is 15.2. The van der Waals surface area contributed by atoms with E-state index in [-0.39, 0.29) is 11.8 Å². The molecule has 5 heteroatoms. The zero-order valence-electron chi connectivity index (χ0n) is 12.0. The third-order valence-corrected chi connectivity index (χ3v) is 3.42. The third-order valence-electron chi connectivity index (χ3n) is 3.18. The minimum absolute atomic E-state index is 0.0869. The molecule has 0 saturated carbocycles. The average Bonchev–Trinajstić information content (AvgIpc) is 2.48. The van der Waals surface area contributed by atoms with Crippen molar-refractivity contribution in [2.75, 3.05) is 12.4 Å². The van der Waals surface area contributed by atoms with E-state index in [0.29, 0.717) is 22.9 Å². The van der Waals surface area contributed by atoms with Gasteiger partial charge >= 0.3 is 0 Å². The maximum atomic E-state index is 12.1. The molecule has 0 radical (unpaired) electrons. The van der Waals surface area contributed by atoms with Crippen LogP contribution in [0.25, 0.3) is 0 Å². The van der Waals surface area contributed by atoms with E-state index in [1.165, 1.54) is 0 Å². The number of rotatable bonds is 5. The SMILES string of the molecule is COc1ccc(Cl)cc1NC(=O)CC(C)c1cccnc1. The second-order valence-corrected chi connectivity index (χ2v) is 5.22. The fourth-order valence-electron chi connectivity index (χ4n) is 2.04. The molecule has 0 aliphatic rings. The number of anilines is 1. The second kappa shape index (κ2) is 7.09. The lowest BCUT2D eigenvalue weighted by atomic mass is 9.99. The summed E-state index contributed by atoms with van der Waals surface area (Å²) in [7, 11) is 1.55. The first-order chi connectivity index (χ1) is 10.1. The molecule has 1 atom stereocenters. The molecule has 110 valence electrons. The molecule has 0 fully saturated rings. The van der Waals surface area contributed by atoms with Crippen molar-refractivity contribution < 1.29 is 9.53 Å². The van der Waals surface area contributed by atoms with Gasteiger partial charge in [0.1, 0.15) is 5.75 Å². The van der Waals surface area contributed by atoms with Gasteiger partial charge < -0.3 is 10.1 Å². The Balaban J connectivity index is 2.04. The monoisotopic (exact) mass is 304 g/mol. The Labute approximate surface area is 129 Å². The highest BCUT2D eigenvalue weighted by molar-refractivity contribution is 6.31. The van der Waals surface area contributed by atoms with Crippen LogP contribution in [-0.4, -0.2) is 18.0 Å². The fraction of sp³-hybridized carbons (Fsp3) is 0.250. The van der Waals surface area contributed by atoms with Crippen LogP contribution < -0.4 is 10.1 Å². The van der Waals surface area contributed by atoms with Gasteiger partial charge in [-0.25, -0.2) is 0 Å². The van der Waals surface area contributed by atoms with E-state index in [9.17, 15) is 4.79 Å². The Kier molecular flexibility index (Phi) is 5.17. The number of ether oxygens (including phenoxy) is 1. The van der Waals surface area contributed by atoms with Crippen LogP contribution in [0.2, 0.25) is 5.02 Å². The summed E-state index contributed by atoms with van der Waals surface area (Å²) in [5.74, 6) is 0.581. The number of benzene rings is 1. The molecule has 0 aliphatic heterocycles. The lowest BCUT2D eigenvalue weighted by Gasteiger charge is -2.13. The number of halogens is 1. The molecule has 4 nitrogen and oxygen atoms in total. The molecule has 0 spiro atoms. The quantitative estimate of drug-likeness (QED) is 0.912. The number of nitrogens with one attached hydrogen (secondary N) is 1. The summed E-state index contributed by atoms with van der Waals surface area (Å²) in [6, 6.07) is 8.94. The van der Waals surface area contributed by atoms with E-state index in [1.807, 2.05) is 19.1 Å². The first-order valence-corrected chi connectivity index (χ1v) is 7.01. The summed E-state index contributed by atoms with van der Waals surface area (Å²) in [4.78, 5) is 16.2. The van der Waals surface area contributed by atoms with Crippen molar-refractivity contribution in [3.05, 3.63) is 53.3 Å². The van der Waals surface area contributed by atoms with Crippen LogP contribution in [0.3, 0.4) is 0 Å². The predicted octanol–water partition coefficient (Wildman–Crippen LogP) is 3.88. The van der Waals surface area contributed by atoms with Gasteiger partial charge in [0.15, 0.2) is 0 Å². The summed E-state index contributed by atoms with van der Waals surface area (Å²) >= 11 is 5.94. The van der Waals surface area contributed by atoms with Crippen molar-refractivity contribution in [2.45, 2.75) is 19.3 Å². The summed E-state index contributed by atoms with van der Waals surface area (Å²) < 4.78 is 5.21. The first kappa shape index (κ1) is 15.3. The Bertz CT molecular complexity index is 617. The van der Waals surface area contributed by atoms with Crippen LogP contribution in [0.5, 0.6) is 5.75 Å². The van der Waals surface area contributed by atoms with Crippen molar-refractivity contribution in [1.29, 1.82) is 0 Å². The highest BCUT2D eigenvalue weighted by Gasteiger charge is 2.13. The topological polar surface area (TPSA) is 51.2 Å². The van der Waals surface area contributed by atoms with Gasteiger partial charge in [0.05, 0.1) is 12.8 Å². The van der Waals surface area contributed by atoms with Gasteiger partial charge in [0.2, 0.25) is 5.91 Å². The number of hydrogen-bond donors (Lipinski definition) is 1. The zero-order valence-corrected chi connectivity index (χ0v) is 12.7. The minimum Gasteiger partial charge on any atom is -0.495 e. The van der Waals surface area contributed by atoms with Crippen molar-refractivity contribution in [3.63, 3.8) is 0 Å². The maximum absolute atomic E-state index is 12.1. The van der Waals surface area contributed by atoms with E-state index in [2.05, 4.69) is 10.3 Å². The van der Waals surface area contributed by atoms with E-state index >= 15 is 0 Å². The smallest absolute Gasteiger partial charge is 0.225 e. The van der Waals surface area contributed by atoms with Crippen molar-refractivity contribution in [3.8, 4) is 5.75 Å². The number of nitrogens with zero attached hydrogens (tertiary/aromatic N) is 1. The van der Waals surface area contributed by atoms with E-state index in [0.717, 1.165) is 5.56 Å². The number of hydrogen-bond acceptors (Lipinski definition) is 3. The summed E-state index contributed by atoms with van der Waals surface area (Å²) in [5.41, 5.74) is 1.61. The number of pyridine rings is 1. The Morgan fingerprint density at radius 1 is 1.43 bits per heavy atom. The summed E-state index contributed by atoms with van der Waals surface area (Å²) in [5, 5.41) is 3.38. The molecular formula is C16H17ClN2O2. The van der Waals surface area contributed by atoms with Crippen LogP contribution >= 0.6 is 11.6 Å². The molecule has 0 aliphatic carbocycles. The van der Waals surface area contributed by atoms with Gasteiger partial charge in [-0.15, -0.1) is 0 Å². The molecule has 0 bridgehead atoms. The molecule has 0 saturated heterocycles. The lowest BCUT2D eigenvalue weighted by Crippen LogP contribution is -2.15.